The molecule has 1 aromatic carbocycles. The number of hydrogen-bond donors (Lipinski definition) is 1. The van der Waals surface area contributed by atoms with Crippen molar-refractivity contribution in [3.8, 4) is 0 Å². The van der Waals surface area contributed by atoms with Crippen molar-refractivity contribution >= 4 is 23.2 Å². The van der Waals surface area contributed by atoms with Crippen LogP contribution in [-0.4, -0.2) is 15.0 Å². The second-order valence-corrected chi connectivity index (χ2v) is 5.23. The SMILES string of the molecule is CCCC(N)c1cn(Cc2cccc(Cl)c2Cl)nn1. The largest absolute Gasteiger partial charge is 0.323 e. The Labute approximate surface area is 122 Å². The van der Waals surface area contributed by atoms with Gasteiger partial charge < -0.3 is 5.73 Å². The fraction of sp³-hybridized carbons (Fsp3) is 0.385. The summed E-state index contributed by atoms with van der Waals surface area (Å²) in [4.78, 5) is 0. The average molecular weight is 299 g/mol. The Morgan fingerprint density at radius 2 is 2.16 bits per heavy atom. The molecular weight excluding hydrogens is 283 g/mol. The van der Waals surface area contributed by atoms with Crippen molar-refractivity contribution < 1.29 is 0 Å². The second kappa shape index (κ2) is 6.37. The van der Waals surface area contributed by atoms with Gasteiger partial charge in [0.2, 0.25) is 0 Å². The van der Waals surface area contributed by atoms with E-state index in [0.29, 0.717) is 16.6 Å². The summed E-state index contributed by atoms with van der Waals surface area (Å²) in [5.74, 6) is 0. The first-order valence-corrected chi connectivity index (χ1v) is 6.96. The summed E-state index contributed by atoms with van der Waals surface area (Å²) in [5.41, 5.74) is 7.72. The van der Waals surface area contributed by atoms with Crippen LogP contribution in [0.4, 0.5) is 0 Å². The Morgan fingerprint density at radius 3 is 2.89 bits per heavy atom. The zero-order chi connectivity index (χ0) is 13.8. The fourth-order valence-corrected chi connectivity index (χ4v) is 2.24. The molecule has 0 saturated heterocycles. The third-order valence-electron chi connectivity index (χ3n) is 2.90. The summed E-state index contributed by atoms with van der Waals surface area (Å²) in [5, 5.41) is 9.26. The summed E-state index contributed by atoms with van der Waals surface area (Å²) >= 11 is 12.1. The second-order valence-electron chi connectivity index (χ2n) is 4.45. The number of nitrogens with zero attached hydrogens (tertiary/aromatic N) is 3. The lowest BCUT2D eigenvalue weighted by Gasteiger charge is -2.06. The average Bonchev–Trinajstić information content (AvgIpc) is 2.84. The molecule has 0 aliphatic heterocycles. The molecule has 0 bridgehead atoms. The molecule has 102 valence electrons. The minimum absolute atomic E-state index is 0.0615. The molecule has 1 unspecified atom stereocenters. The molecule has 0 aliphatic rings. The normalized spacial score (nSPS) is 12.6. The molecule has 0 amide bonds. The molecule has 1 heterocycles. The van der Waals surface area contributed by atoms with Crippen LogP contribution in [0.2, 0.25) is 10.0 Å². The smallest absolute Gasteiger partial charge is 0.0994 e. The molecule has 0 fully saturated rings. The monoisotopic (exact) mass is 298 g/mol. The molecule has 2 N–H and O–H groups in total. The zero-order valence-corrected chi connectivity index (χ0v) is 12.2. The molecule has 2 aromatic rings. The van der Waals surface area contributed by atoms with E-state index in [1.54, 1.807) is 10.7 Å². The number of benzene rings is 1. The third kappa shape index (κ3) is 3.47. The molecule has 0 spiro atoms. The van der Waals surface area contributed by atoms with Crippen LogP contribution in [0.25, 0.3) is 0 Å². The lowest BCUT2D eigenvalue weighted by atomic mass is 10.1. The maximum atomic E-state index is 6.14. The Balaban J connectivity index is 2.14. The van der Waals surface area contributed by atoms with Crippen LogP contribution < -0.4 is 5.73 Å². The van der Waals surface area contributed by atoms with Gasteiger partial charge in [-0.2, -0.15) is 0 Å². The summed E-state index contributed by atoms with van der Waals surface area (Å²) in [6.07, 6.45) is 3.78. The van der Waals surface area contributed by atoms with Crippen LogP contribution >= 0.6 is 23.2 Å². The molecule has 0 aliphatic carbocycles. The van der Waals surface area contributed by atoms with Crippen molar-refractivity contribution in [1.29, 1.82) is 0 Å². The van der Waals surface area contributed by atoms with E-state index >= 15 is 0 Å². The van der Waals surface area contributed by atoms with E-state index in [4.69, 9.17) is 28.9 Å². The van der Waals surface area contributed by atoms with Crippen molar-refractivity contribution in [2.24, 2.45) is 5.73 Å². The molecule has 1 aromatic heterocycles. The maximum absolute atomic E-state index is 6.14. The quantitative estimate of drug-likeness (QED) is 0.920. The number of nitrogens with two attached hydrogens (primary N) is 1. The molecule has 6 heteroatoms. The predicted molar refractivity (Wildman–Crippen MR) is 77.4 cm³/mol. The minimum Gasteiger partial charge on any atom is -0.323 e. The van der Waals surface area contributed by atoms with Crippen LogP contribution in [0.3, 0.4) is 0 Å². The van der Waals surface area contributed by atoms with E-state index in [1.165, 1.54) is 0 Å². The van der Waals surface area contributed by atoms with Crippen molar-refractivity contribution in [1.82, 2.24) is 15.0 Å². The van der Waals surface area contributed by atoms with E-state index in [2.05, 4.69) is 17.2 Å². The molecule has 1 atom stereocenters. The Kier molecular flexibility index (Phi) is 4.80. The highest BCUT2D eigenvalue weighted by atomic mass is 35.5. The standard InChI is InChI=1S/C13H16Cl2N4/c1-2-4-11(16)12-8-19(18-17-12)7-9-5-3-6-10(14)13(9)15/h3,5-6,8,11H,2,4,7,16H2,1H3. The highest BCUT2D eigenvalue weighted by Crippen LogP contribution is 2.26. The van der Waals surface area contributed by atoms with Crippen molar-refractivity contribution in [3.63, 3.8) is 0 Å². The Bertz CT molecular complexity index is 553. The van der Waals surface area contributed by atoms with Gasteiger partial charge in [0.05, 0.1) is 34.5 Å². The molecule has 19 heavy (non-hydrogen) atoms. The highest BCUT2D eigenvalue weighted by Gasteiger charge is 2.11. The van der Waals surface area contributed by atoms with E-state index < -0.39 is 0 Å². The number of halogens is 2. The van der Waals surface area contributed by atoms with Crippen LogP contribution in [-0.2, 0) is 6.54 Å². The van der Waals surface area contributed by atoms with Gasteiger partial charge in [-0.25, -0.2) is 4.68 Å². The predicted octanol–water partition coefficient (Wildman–Crippen LogP) is 3.43. The molecule has 0 saturated carbocycles. The van der Waals surface area contributed by atoms with Gasteiger partial charge in [-0.15, -0.1) is 5.10 Å². The first kappa shape index (κ1) is 14.3. The number of hydrogen-bond acceptors (Lipinski definition) is 3. The van der Waals surface area contributed by atoms with Crippen molar-refractivity contribution in [2.75, 3.05) is 0 Å². The van der Waals surface area contributed by atoms with Gasteiger partial charge in [-0.3, -0.25) is 0 Å². The van der Waals surface area contributed by atoms with E-state index in [0.717, 1.165) is 24.1 Å². The summed E-state index contributed by atoms with van der Waals surface area (Å²) < 4.78 is 1.72. The van der Waals surface area contributed by atoms with Gasteiger partial charge in [0.25, 0.3) is 0 Å². The first-order valence-electron chi connectivity index (χ1n) is 6.20. The van der Waals surface area contributed by atoms with Crippen LogP contribution in [0.15, 0.2) is 24.4 Å². The molecule has 2 rings (SSSR count). The lowest BCUT2D eigenvalue weighted by Crippen LogP contribution is -2.10. The summed E-state index contributed by atoms with van der Waals surface area (Å²) in [6, 6.07) is 5.48. The zero-order valence-electron chi connectivity index (χ0n) is 10.7. The fourth-order valence-electron chi connectivity index (χ4n) is 1.86. The maximum Gasteiger partial charge on any atom is 0.0994 e. The van der Waals surface area contributed by atoms with Gasteiger partial charge in [0.15, 0.2) is 0 Å². The molecular formula is C13H16Cl2N4. The minimum atomic E-state index is -0.0615. The number of rotatable bonds is 5. The van der Waals surface area contributed by atoms with E-state index in [9.17, 15) is 0 Å². The van der Waals surface area contributed by atoms with Gasteiger partial charge in [-0.1, -0.05) is 53.9 Å². The lowest BCUT2D eigenvalue weighted by molar-refractivity contribution is 0.617. The van der Waals surface area contributed by atoms with Gasteiger partial charge >= 0.3 is 0 Å². The summed E-state index contributed by atoms with van der Waals surface area (Å²) in [7, 11) is 0. The van der Waals surface area contributed by atoms with Crippen molar-refractivity contribution in [3.05, 3.63) is 45.7 Å². The molecule has 0 radical (unpaired) electrons. The Morgan fingerprint density at radius 1 is 1.37 bits per heavy atom. The van der Waals surface area contributed by atoms with Gasteiger partial charge in [0.1, 0.15) is 0 Å². The van der Waals surface area contributed by atoms with Crippen LogP contribution in [0.1, 0.15) is 37.1 Å². The summed E-state index contributed by atoms with van der Waals surface area (Å²) in [6.45, 7) is 2.63. The first-order chi connectivity index (χ1) is 9.11. The Hall–Kier alpha value is -1.10. The molecule has 4 nitrogen and oxygen atoms in total. The van der Waals surface area contributed by atoms with Gasteiger partial charge in [0, 0.05) is 0 Å². The van der Waals surface area contributed by atoms with Crippen molar-refractivity contribution in [2.45, 2.75) is 32.4 Å². The topological polar surface area (TPSA) is 56.7 Å². The highest BCUT2D eigenvalue weighted by molar-refractivity contribution is 6.42. The third-order valence-corrected chi connectivity index (χ3v) is 3.76. The van der Waals surface area contributed by atoms with Gasteiger partial charge in [-0.05, 0) is 18.1 Å². The number of aromatic nitrogens is 3. The van der Waals surface area contributed by atoms with Crippen LogP contribution in [0, 0.1) is 0 Å². The van der Waals surface area contributed by atoms with E-state index in [1.807, 2.05) is 18.3 Å². The van der Waals surface area contributed by atoms with E-state index in [-0.39, 0.29) is 6.04 Å². The van der Waals surface area contributed by atoms with Crippen LogP contribution in [0.5, 0.6) is 0 Å².